The Hall–Kier alpha value is -1.14. The quantitative estimate of drug-likeness (QED) is 0.831. The third-order valence-corrected chi connectivity index (χ3v) is 1.99. The molecule has 0 unspecified atom stereocenters. The fourth-order valence-electron chi connectivity index (χ4n) is 0.940. The van der Waals surface area contributed by atoms with Crippen molar-refractivity contribution in [1.29, 1.82) is 0 Å². The number of carbonyl (C=O) groups is 1. The van der Waals surface area contributed by atoms with Crippen LogP contribution in [-0.4, -0.2) is 36.4 Å². The van der Waals surface area contributed by atoms with E-state index in [1.54, 1.807) is 6.07 Å². The molecule has 0 amide bonds. The van der Waals surface area contributed by atoms with E-state index >= 15 is 0 Å². The number of aliphatic hydroxyl groups is 1. The van der Waals surface area contributed by atoms with Crippen molar-refractivity contribution in [2.24, 2.45) is 0 Å². The second kappa shape index (κ2) is 5.67. The molecule has 0 saturated heterocycles. The molecule has 1 heterocycles. The highest BCUT2D eigenvalue weighted by Crippen LogP contribution is 2.20. The summed E-state index contributed by atoms with van der Waals surface area (Å²) < 4.78 is 10.3. The molecule has 0 radical (unpaired) electrons. The number of pyridine rings is 1. The molecule has 0 spiro atoms. The van der Waals surface area contributed by atoms with Crippen LogP contribution in [0.2, 0.25) is 0 Å². The standard InChI is InChI=1S/C9H10BrNO4/c1-14-9(13)7-4-6(10)5-11-8(7)15-3-2-12/h4-5,12H,2-3H2,1H3. The van der Waals surface area contributed by atoms with Gasteiger partial charge in [-0.15, -0.1) is 0 Å². The average Bonchev–Trinajstić information content (AvgIpc) is 2.26. The van der Waals surface area contributed by atoms with Gasteiger partial charge in [-0.05, 0) is 22.0 Å². The zero-order valence-electron chi connectivity index (χ0n) is 8.07. The normalized spacial score (nSPS) is 9.80. The molecule has 0 aliphatic rings. The molecule has 1 aromatic heterocycles. The predicted molar refractivity (Wildman–Crippen MR) is 55.9 cm³/mol. The lowest BCUT2D eigenvalue weighted by molar-refractivity contribution is 0.0593. The Balaban J connectivity index is 2.97. The van der Waals surface area contributed by atoms with Crippen LogP contribution in [0.1, 0.15) is 10.4 Å². The van der Waals surface area contributed by atoms with Gasteiger partial charge in [0, 0.05) is 10.7 Å². The second-order valence-electron chi connectivity index (χ2n) is 2.57. The van der Waals surface area contributed by atoms with E-state index in [0.29, 0.717) is 4.47 Å². The van der Waals surface area contributed by atoms with Gasteiger partial charge < -0.3 is 14.6 Å². The lowest BCUT2D eigenvalue weighted by atomic mass is 10.3. The first kappa shape index (κ1) is 11.9. The molecule has 0 bridgehead atoms. The van der Waals surface area contributed by atoms with Crippen molar-refractivity contribution in [3.8, 4) is 5.88 Å². The van der Waals surface area contributed by atoms with E-state index in [2.05, 4.69) is 25.7 Å². The molecular formula is C9H10BrNO4. The number of rotatable bonds is 4. The minimum atomic E-state index is -0.531. The summed E-state index contributed by atoms with van der Waals surface area (Å²) in [6.45, 7) is -0.0585. The maximum Gasteiger partial charge on any atom is 0.343 e. The summed E-state index contributed by atoms with van der Waals surface area (Å²) in [4.78, 5) is 15.2. The van der Waals surface area contributed by atoms with Gasteiger partial charge in [-0.3, -0.25) is 0 Å². The Kier molecular flexibility index (Phi) is 4.51. The summed E-state index contributed by atoms with van der Waals surface area (Å²) in [5.41, 5.74) is 0.223. The number of hydrogen-bond acceptors (Lipinski definition) is 5. The van der Waals surface area contributed by atoms with Crippen LogP contribution < -0.4 is 4.74 Å². The molecule has 0 aliphatic heterocycles. The number of methoxy groups -OCH3 is 1. The first-order valence-corrected chi connectivity index (χ1v) is 4.96. The average molecular weight is 276 g/mol. The Morgan fingerprint density at radius 3 is 3.00 bits per heavy atom. The van der Waals surface area contributed by atoms with Gasteiger partial charge in [0.25, 0.3) is 0 Å². The van der Waals surface area contributed by atoms with E-state index in [-0.39, 0.29) is 24.7 Å². The van der Waals surface area contributed by atoms with Crippen molar-refractivity contribution in [3.63, 3.8) is 0 Å². The zero-order chi connectivity index (χ0) is 11.3. The lowest BCUT2D eigenvalue weighted by Gasteiger charge is -2.07. The van der Waals surface area contributed by atoms with Crippen LogP contribution in [-0.2, 0) is 4.74 Å². The van der Waals surface area contributed by atoms with Crippen LogP contribution in [0.25, 0.3) is 0 Å². The summed E-state index contributed by atoms with van der Waals surface area (Å²) in [6, 6.07) is 1.55. The molecule has 1 aromatic rings. The summed E-state index contributed by atoms with van der Waals surface area (Å²) >= 11 is 3.19. The maximum absolute atomic E-state index is 11.3. The van der Waals surface area contributed by atoms with Crippen LogP contribution >= 0.6 is 15.9 Å². The Morgan fingerprint density at radius 2 is 2.40 bits per heavy atom. The molecule has 0 saturated carbocycles. The number of esters is 1. The third-order valence-electron chi connectivity index (χ3n) is 1.55. The van der Waals surface area contributed by atoms with Gasteiger partial charge in [0.1, 0.15) is 12.2 Å². The molecule has 0 fully saturated rings. The lowest BCUT2D eigenvalue weighted by Crippen LogP contribution is -2.10. The van der Waals surface area contributed by atoms with Crippen molar-refractivity contribution in [1.82, 2.24) is 4.98 Å². The SMILES string of the molecule is COC(=O)c1cc(Br)cnc1OCCO. The molecule has 0 aromatic carbocycles. The molecule has 82 valence electrons. The third kappa shape index (κ3) is 3.17. The van der Waals surface area contributed by atoms with Gasteiger partial charge in [0.2, 0.25) is 5.88 Å². The number of hydrogen-bond donors (Lipinski definition) is 1. The first-order valence-electron chi connectivity index (χ1n) is 4.16. The Bertz CT molecular complexity index is 356. The fraction of sp³-hybridized carbons (Fsp3) is 0.333. The van der Waals surface area contributed by atoms with E-state index in [0.717, 1.165) is 0 Å². The highest BCUT2D eigenvalue weighted by molar-refractivity contribution is 9.10. The molecule has 6 heteroatoms. The molecule has 1 rings (SSSR count). The van der Waals surface area contributed by atoms with E-state index in [4.69, 9.17) is 9.84 Å². The number of aromatic nitrogens is 1. The largest absolute Gasteiger partial charge is 0.475 e. The summed E-state index contributed by atoms with van der Waals surface area (Å²) in [7, 11) is 1.28. The van der Waals surface area contributed by atoms with Crippen LogP contribution in [0.5, 0.6) is 5.88 Å². The van der Waals surface area contributed by atoms with Gasteiger partial charge in [0.15, 0.2) is 0 Å². The van der Waals surface area contributed by atoms with Crippen LogP contribution in [0.15, 0.2) is 16.7 Å². The van der Waals surface area contributed by atoms with Gasteiger partial charge in [0.05, 0.1) is 13.7 Å². The smallest absolute Gasteiger partial charge is 0.343 e. The monoisotopic (exact) mass is 275 g/mol. The van der Waals surface area contributed by atoms with E-state index < -0.39 is 5.97 Å². The number of aliphatic hydroxyl groups excluding tert-OH is 1. The zero-order valence-corrected chi connectivity index (χ0v) is 9.65. The van der Waals surface area contributed by atoms with Crippen LogP contribution in [0, 0.1) is 0 Å². The topological polar surface area (TPSA) is 68.7 Å². The first-order chi connectivity index (χ1) is 7.19. The Morgan fingerprint density at radius 1 is 1.67 bits per heavy atom. The van der Waals surface area contributed by atoms with Crippen molar-refractivity contribution in [2.45, 2.75) is 0 Å². The number of halogens is 1. The van der Waals surface area contributed by atoms with Crippen LogP contribution in [0.3, 0.4) is 0 Å². The van der Waals surface area contributed by atoms with Gasteiger partial charge in [-0.25, -0.2) is 9.78 Å². The molecule has 0 aliphatic carbocycles. The molecule has 5 nitrogen and oxygen atoms in total. The predicted octanol–water partition coefficient (Wildman–Crippen LogP) is 1.00. The van der Waals surface area contributed by atoms with Gasteiger partial charge in [-0.2, -0.15) is 0 Å². The highest BCUT2D eigenvalue weighted by atomic mass is 79.9. The van der Waals surface area contributed by atoms with Crippen molar-refractivity contribution >= 4 is 21.9 Å². The number of ether oxygens (including phenoxy) is 2. The minimum absolute atomic E-state index is 0.0820. The highest BCUT2D eigenvalue weighted by Gasteiger charge is 2.14. The fourth-order valence-corrected chi connectivity index (χ4v) is 1.27. The number of carbonyl (C=O) groups excluding carboxylic acids is 1. The van der Waals surface area contributed by atoms with E-state index in [1.165, 1.54) is 13.3 Å². The van der Waals surface area contributed by atoms with E-state index in [1.807, 2.05) is 0 Å². The Labute approximate surface area is 95.2 Å². The van der Waals surface area contributed by atoms with Crippen molar-refractivity contribution in [3.05, 3.63) is 22.3 Å². The van der Waals surface area contributed by atoms with E-state index in [9.17, 15) is 4.79 Å². The minimum Gasteiger partial charge on any atom is -0.475 e. The molecule has 15 heavy (non-hydrogen) atoms. The van der Waals surface area contributed by atoms with Gasteiger partial charge >= 0.3 is 5.97 Å². The molecule has 1 N–H and O–H groups in total. The summed E-state index contributed by atoms with van der Waals surface area (Å²) in [6.07, 6.45) is 1.50. The molecular weight excluding hydrogens is 266 g/mol. The summed E-state index contributed by atoms with van der Waals surface area (Å²) in [5, 5.41) is 8.59. The van der Waals surface area contributed by atoms with Crippen molar-refractivity contribution in [2.75, 3.05) is 20.3 Å². The van der Waals surface area contributed by atoms with Crippen LogP contribution in [0.4, 0.5) is 0 Å². The molecule has 0 atom stereocenters. The summed E-state index contributed by atoms with van der Waals surface area (Å²) in [5.74, 6) is -0.379. The number of nitrogens with zero attached hydrogens (tertiary/aromatic N) is 1. The second-order valence-corrected chi connectivity index (χ2v) is 3.49. The van der Waals surface area contributed by atoms with Crippen molar-refractivity contribution < 1.29 is 19.4 Å². The maximum atomic E-state index is 11.3. The van der Waals surface area contributed by atoms with Gasteiger partial charge in [-0.1, -0.05) is 0 Å².